The lowest BCUT2D eigenvalue weighted by molar-refractivity contribution is -0.129. The smallest absolute Gasteiger partial charge is 0.261 e. The molecule has 4 rings (SSSR count). The molecule has 0 aromatic heterocycles. The Bertz CT molecular complexity index is 1360. The third kappa shape index (κ3) is 4.99. The Morgan fingerprint density at radius 3 is 2.30 bits per heavy atom. The van der Waals surface area contributed by atoms with E-state index < -0.39 is 21.7 Å². The lowest BCUT2D eigenvalue weighted by Gasteiger charge is -2.12. The summed E-state index contributed by atoms with van der Waals surface area (Å²) < 4.78 is 40.9. The maximum atomic E-state index is 13.1. The zero-order chi connectivity index (χ0) is 23.8. The van der Waals surface area contributed by atoms with Crippen molar-refractivity contribution in [1.29, 1.82) is 0 Å². The molecule has 33 heavy (non-hydrogen) atoms. The van der Waals surface area contributed by atoms with Crippen LogP contribution >= 0.6 is 11.6 Å². The van der Waals surface area contributed by atoms with Gasteiger partial charge in [0.15, 0.2) is 0 Å². The van der Waals surface area contributed by atoms with Gasteiger partial charge in [-0.05, 0) is 65.7 Å². The monoisotopic (exact) mass is 487 g/mol. The van der Waals surface area contributed by atoms with Gasteiger partial charge in [0.1, 0.15) is 5.82 Å². The van der Waals surface area contributed by atoms with E-state index in [4.69, 9.17) is 11.6 Å². The number of nitrogens with zero attached hydrogens (tertiary/aromatic N) is 1. The zero-order valence-electron chi connectivity index (χ0n) is 17.4. The van der Waals surface area contributed by atoms with Gasteiger partial charge < -0.3 is 10.2 Å². The highest BCUT2D eigenvalue weighted by atomic mass is 35.5. The van der Waals surface area contributed by atoms with Gasteiger partial charge in [-0.15, -0.1) is 0 Å². The van der Waals surface area contributed by atoms with E-state index in [0.29, 0.717) is 18.8 Å². The van der Waals surface area contributed by atoms with Crippen LogP contribution < -0.4 is 10.0 Å². The number of hydrogen-bond donors (Lipinski definition) is 2. The van der Waals surface area contributed by atoms with Gasteiger partial charge in [0.05, 0.1) is 15.5 Å². The van der Waals surface area contributed by atoms with Crippen molar-refractivity contribution in [2.75, 3.05) is 10.0 Å². The van der Waals surface area contributed by atoms with Gasteiger partial charge >= 0.3 is 0 Å². The number of nitrogens with one attached hydrogen (secondary N) is 2. The van der Waals surface area contributed by atoms with Crippen molar-refractivity contribution in [3.05, 3.63) is 88.2 Å². The number of amides is 2. The van der Waals surface area contributed by atoms with Gasteiger partial charge in [0, 0.05) is 31.4 Å². The minimum atomic E-state index is -4.04. The number of carbonyl (C=O) groups excluding carboxylic acids is 2. The van der Waals surface area contributed by atoms with Crippen LogP contribution in [0.15, 0.2) is 65.6 Å². The van der Waals surface area contributed by atoms with Crippen LogP contribution in [0.4, 0.5) is 15.8 Å². The summed E-state index contributed by atoms with van der Waals surface area (Å²) in [6.45, 7) is 2.48. The van der Waals surface area contributed by atoms with Gasteiger partial charge in [0.2, 0.25) is 5.91 Å². The zero-order valence-corrected chi connectivity index (χ0v) is 19.0. The van der Waals surface area contributed by atoms with Gasteiger partial charge in [0.25, 0.3) is 15.9 Å². The summed E-state index contributed by atoms with van der Waals surface area (Å²) in [5.74, 6) is -1.11. The predicted molar refractivity (Wildman–Crippen MR) is 123 cm³/mol. The molecule has 170 valence electrons. The maximum absolute atomic E-state index is 13.1. The first-order valence-electron chi connectivity index (χ1n) is 9.89. The molecular weight excluding hydrogens is 469 g/mol. The molecule has 2 amide bonds. The molecule has 3 aromatic rings. The average molecular weight is 488 g/mol. The van der Waals surface area contributed by atoms with Crippen LogP contribution in [0, 0.1) is 5.82 Å². The van der Waals surface area contributed by atoms with Crippen LogP contribution in [0.25, 0.3) is 0 Å². The summed E-state index contributed by atoms with van der Waals surface area (Å²) in [4.78, 5) is 26.0. The first-order chi connectivity index (χ1) is 15.6. The molecule has 0 unspecified atom stereocenters. The van der Waals surface area contributed by atoms with Crippen molar-refractivity contribution in [3.63, 3.8) is 0 Å². The molecule has 0 aliphatic carbocycles. The highest BCUT2D eigenvalue weighted by Crippen LogP contribution is 2.27. The number of sulfonamides is 1. The number of benzene rings is 3. The van der Waals surface area contributed by atoms with E-state index in [1.807, 2.05) is 6.07 Å². The molecule has 0 spiro atoms. The topological polar surface area (TPSA) is 95.6 Å². The Hall–Kier alpha value is -3.43. The first kappa shape index (κ1) is 22.8. The van der Waals surface area contributed by atoms with E-state index in [-0.39, 0.29) is 27.1 Å². The normalized spacial score (nSPS) is 12.9. The fourth-order valence-corrected chi connectivity index (χ4v) is 4.76. The van der Waals surface area contributed by atoms with E-state index in [9.17, 15) is 22.4 Å². The van der Waals surface area contributed by atoms with Crippen molar-refractivity contribution in [2.45, 2.75) is 24.9 Å². The number of halogens is 2. The maximum Gasteiger partial charge on any atom is 0.261 e. The van der Waals surface area contributed by atoms with Crippen LogP contribution in [0.3, 0.4) is 0 Å². The molecule has 1 aliphatic heterocycles. The molecule has 1 aliphatic rings. The molecule has 0 saturated heterocycles. The van der Waals surface area contributed by atoms with E-state index >= 15 is 0 Å². The summed E-state index contributed by atoms with van der Waals surface area (Å²) in [7, 11) is -4.04. The fourth-order valence-electron chi connectivity index (χ4n) is 3.47. The van der Waals surface area contributed by atoms with Crippen molar-refractivity contribution in [1.82, 2.24) is 4.90 Å². The van der Waals surface area contributed by atoms with Gasteiger partial charge in [-0.25, -0.2) is 12.8 Å². The second-order valence-electron chi connectivity index (χ2n) is 7.57. The number of fused-ring (bicyclic) bond motifs is 1. The molecule has 7 nitrogen and oxygen atoms in total. The average Bonchev–Trinajstić information content (AvgIpc) is 3.19. The number of rotatable bonds is 5. The minimum Gasteiger partial charge on any atom is -0.334 e. The third-order valence-corrected chi connectivity index (χ3v) is 6.93. The van der Waals surface area contributed by atoms with Crippen molar-refractivity contribution in [3.8, 4) is 0 Å². The second-order valence-corrected chi connectivity index (χ2v) is 9.66. The molecule has 0 saturated carbocycles. The Morgan fingerprint density at radius 2 is 1.61 bits per heavy atom. The molecule has 0 atom stereocenters. The summed E-state index contributed by atoms with van der Waals surface area (Å²) in [6, 6.07) is 13.9. The van der Waals surface area contributed by atoms with Crippen LogP contribution in [-0.4, -0.2) is 25.1 Å². The van der Waals surface area contributed by atoms with Crippen molar-refractivity contribution >= 4 is 44.8 Å². The third-order valence-electron chi connectivity index (χ3n) is 5.22. The molecule has 0 fully saturated rings. The summed E-state index contributed by atoms with van der Waals surface area (Å²) in [5, 5.41) is 2.80. The van der Waals surface area contributed by atoms with Crippen LogP contribution in [-0.2, 0) is 27.9 Å². The molecular formula is C23H19ClFN3O4S. The highest BCUT2D eigenvalue weighted by molar-refractivity contribution is 7.92. The summed E-state index contributed by atoms with van der Waals surface area (Å²) >= 11 is 6.17. The SMILES string of the molecule is CC(=O)N1Cc2ccc(NC(=O)c3cc(S(=O)(=O)Nc4ccc(F)cc4)ccc3Cl)cc2C1. The molecule has 0 radical (unpaired) electrons. The number of hydrogen-bond acceptors (Lipinski definition) is 4. The standard InChI is InChI=1S/C23H19ClFN3O4S/c1-14(29)28-12-15-2-5-19(10-16(15)13-28)26-23(30)21-11-20(8-9-22(21)24)33(31,32)27-18-6-3-17(25)4-7-18/h2-11,27H,12-13H2,1H3,(H,26,30). The van der Waals surface area contributed by atoms with Crippen molar-refractivity contribution in [2.24, 2.45) is 0 Å². The van der Waals surface area contributed by atoms with E-state index in [0.717, 1.165) is 23.3 Å². The van der Waals surface area contributed by atoms with E-state index in [1.165, 1.54) is 37.3 Å². The molecule has 0 bridgehead atoms. The molecule has 10 heteroatoms. The summed E-state index contributed by atoms with van der Waals surface area (Å²) in [6.07, 6.45) is 0. The predicted octanol–water partition coefficient (Wildman–Crippen LogP) is 4.39. The van der Waals surface area contributed by atoms with Crippen molar-refractivity contribution < 1.29 is 22.4 Å². The Labute approximate surface area is 195 Å². The largest absolute Gasteiger partial charge is 0.334 e. The molecule has 2 N–H and O–H groups in total. The molecule has 1 heterocycles. The number of carbonyl (C=O) groups is 2. The van der Waals surface area contributed by atoms with E-state index in [2.05, 4.69) is 10.0 Å². The lowest BCUT2D eigenvalue weighted by Crippen LogP contribution is -2.21. The van der Waals surface area contributed by atoms with Crippen LogP contribution in [0.5, 0.6) is 0 Å². The second kappa shape index (κ2) is 8.84. The highest BCUT2D eigenvalue weighted by Gasteiger charge is 2.22. The van der Waals surface area contributed by atoms with E-state index in [1.54, 1.807) is 17.0 Å². The number of anilines is 2. The summed E-state index contributed by atoms with van der Waals surface area (Å²) in [5.41, 5.74) is 2.58. The Balaban J connectivity index is 1.54. The van der Waals surface area contributed by atoms with Gasteiger partial charge in [-0.1, -0.05) is 17.7 Å². The first-order valence-corrected chi connectivity index (χ1v) is 11.7. The lowest BCUT2D eigenvalue weighted by atomic mass is 10.1. The van der Waals surface area contributed by atoms with Crippen LogP contribution in [0.2, 0.25) is 5.02 Å². The van der Waals surface area contributed by atoms with Gasteiger partial charge in [-0.3, -0.25) is 14.3 Å². The minimum absolute atomic E-state index is 0.0236. The quantitative estimate of drug-likeness (QED) is 0.557. The molecule has 3 aromatic carbocycles. The van der Waals surface area contributed by atoms with Crippen LogP contribution in [0.1, 0.15) is 28.4 Å². The fraction of sp³-hybridized carbons (Fsp3) is 0.130. The Morgan fingerprint density at radius 1 is 0.939 bits per heavy atom. The van der Waals surface area contributed by atoms with Gasteiger partial charge in [-0.2, -0.15) is 0 Å². The Kier molecular flexibility index (Phi) is 6.09.